The zero-order chi connectivity index (χ0) is 0. The largest absolute Gasteiger partial charge is 4.00 e. The molecule has 0 saturated carbocycles. The minimum atomic E-state index is 0. The normalized spacial score (nSPS) is 0. The van der Waals surface area contributed by atoms with Crippen LogP contribution in [0.15, 0.2) is 0 Å². The minimum Gasteiger partial charge on any atom is -2.00 e. The number of rotatable bonds is 0. The third-order valence-corrected chi connectivity index (χ3v) is 0. The summed E-state index contributed by atoms with van der Waals surface area (Å²) in [7, 11) is 0. The van der Waals surface area contributed by atoms with Gasteiger partial charge in [0.05, 0.1) is 0 Å². The Kier molecular flexibility index (Phi) is 4750. The maximum atomic E-state index is 0. The molecule has 0 aromatic rings. The van der Waals surface area contributed by atoms with Crippen molar-refractivity contribution in [2.75, 3.05) is 0 Å². The van der Waals surface area contributed by atoms with Gasteiger partial charge >= 0.3 is 82.0 Å². The Bertz CT molecular complexity index is 38.6. The van der Waals surface area contributed by atoms with E-state index in [0.29, 0.717) is 0 Å². The molecule has 0 aliphatic heterocycles. The minimum absolute atomic E-state index is 0. The van der Waals surface area contributed by atoms with Crippen molar-refractivity contribution in [1.82, 2.24) is 0 Å². The molecule has 4 radical (unpaired) electrons. The van der Waals surface area contributed by atoms with Gasteiger partial charge in [0, 0.05) is 79.2 Å². The van der Waals surface area contributed by atoms with Gasteiger partial charge in [0.2, 0.25) is 0 Å². The van der Waals surface area contributed by atoms with Crippen LogP contribution in [-0.4, -0.2) is 47.8 Å². The van der Waals surface area contributed by atoms with Crippen molar-refractivity contribution < 1.29 is 113 Å². The van der Waals surface area contributed by atoms with Crippen LogP contribution in [0, 0.1) is 0 Å². The molecule has 0 nitrogen and oxygen atoms in total. The molecule has 0 aromatic carbocycles. The summed E-state index contributed by atoms with van der Waals surface area (Å²) in [6.07, 6.45) is 0. The zero-order valence-electron chi connectivity index (χ0n) is 10.3. The van der Waals surface area contributed by atoms with E-state index in [1.165, 1.54) is 0 Å². The van der Waals surface area contributed by atoms with E-state index in [2.05, 4.69) is 0 Å². The molecular formula is Cu2Mo2S17Sn2V2-22. The quantitative estimate of drug-likeness (QED) is 0.279. The summed E-state index contributed by atoms with van der Waals surface area (Å²) in [5.41, 5.74) is 0. The van der Waals surface area contributed by atoms with E-state index in [9.17, 15) is 0 Å². The Labute approximate surface area is 382 Å². The summed E-state index contributed by atoms with van der Waals surface area (Å²) in [5, 5.41) is 0. The molecule has 25 heavy (non-hydrogen) atoms. The second-order valence-electron chi connectivity index (χ2n) is 0. The van der Waals surface area contributed by atoms with Gasteiger partial charge in [0.15, 0.2) is 0 Å². The monoisotopic (exact) mass is 1210 g/mol. The first-order valence-electron chi connectivity index (χ1n) is 0. The van der Waals surface area contributed by atoms with Gasteiger partial charge in [-0.05, 0) is 0 Å². The van der Waals surface area contributed by atoms with Crippen LogP contribution in [0.3, 0.4) is 0 Å². The van der Waals surface area contributed by atoms with Gasteiger partial charge in [-0.25, -0.2) is 0 Å². The van der Waals surface area contributed by atoms with Gasteiger partial charge < -0.3 is 229 Å². The summed E-state index contributed by atoms with van der Waals surface area (Å²) in [4.78, 5) is 0. The first-order valence-corrected chi connectivity index (χ1v) is 0. The molecule has 176 valence electrons. The number of hydrogen-bond acceptors (Lipinski definition) is 0. The fourth-order valence-electron chi connectivity index (χ4n) is 0. The third kappa shape index (κ3) is 311. The SMILES string of the molecule is [Cu+2].[Cu+2].[Mo].[Mo].[S-2].[S-2].[S-2].[S-2].[S-2].[S-2].[S-2].[S-2].[S-2].[S-2].[S-2].[S-2].[S-2].[S-2].[S-2].[S-2].[S-2].[Sn+4].[Sn+4].[V].[V]. The molecule has 0 unspecified atom stereocenters. The van der Waals surface area contributed by atoms with Crippen molar-refractivity contribution in [3.63, 3.8) is 0 Å². The van der Waals surface area contributed by atoms with Crippen LogP contribution in [0.25, 0.3) is 0 Å². The van der Waals surface area contributed by atoms with Gasteiger partial charge in [-0.2, -0.15) is 0 Å². The van der Waals surface area contributed by atoms with Crippen molar-refractivity contribution in [2.45, 2.75) is 0 Å². The summed E-state index contributed by atoms with van der Waals surface area (Å²) in [6.45, 7) is 0. The van der Waals surface area contributed by atoms with Crippen LogP contribution >= 0.6 is 0 Å². The van der Waals surface area contributed by atoms with E-state index in [0.717, 1.165) is 0 Å². The molecule has 0 atom stereocenters. The van der Waals surface area contributed by atoms with Crippen LogP contribution in [0.5, 0.6) is 0 Å². The molecule has 0 aliphatic carbocycles. The van der Waals surface area contributed by atoms with E-state index in [1.54, 1.807) is 0 Å². The van der Waals surface area contributed by atoms with Gasteiger partial charge in [-0.3, -0.25) is 0 Å². The van der Waals surface area contributed by atoms with E-state index >= 15 is 0 Å². The van der Waals surface area contributed by atoms with Gasteiger partial charge in [0.1, 0.15) is 0 Å². The molecule has 0 fully saturated rings. The summed E-state index contributed by atoms with van der Waals surface area (Å²) < 4.78 is 0. The molecule has 0 heterocycles. The standard InChI is InChI=1S/2Cu.2Mo.17S.2Sn.2V/q2*+2;;;17*-2;2*+4;;. The van der Waals surface area contributed by atoms with Crippen LogP contribution in [-0.2, 0) is 343 Å². The van der Waals surface area contributed by atoms with Crippen molar-refractivity contribution in [3.8, 4) is 0 Å². The smallest absolute Gasteiger partial charge is 2.00 e. The Morgan fingerprint density at radius 2 is 0.200 bits per heavy atom. The number of hydrogen-bond donors (Lipinski definition) is 0. The predicted molar refractivity (Wildman–Crippen MR) is 137 cm³/mol. The maximum absolute atomic E-state index is 0. The molecule has 0 amide bonds. The fourth-order valence-corrected chi connectivity index (χ4v) is 0. The van der Waals surface area contributed by atoms with Gasteiger partial charge in [-0.15, -0.1) is 0 Å². The molecule has 25 heteroatoms. The van der Waals surface area contributed by atoms with E-state index < -0.39 is 0 Å². The van der Waals surface area contributed by atoms with Crippen LogP contribution in [0.1, 0.15) is 0 Å². The van der Waals surface area contributed by atoms with Crippen molar-refractivity contribution >= 4 is 277 Å². The van der Waals surface area contributed by atoms with Gasteiger partial charge in [-0.1, -0.05) is 0 Å². The Morgan fingerprint density at radius 1 is 0.200 bits per heavy atom. The molecule has 0 aliphatic rings. The molecule has 0 rings (SSSR count). The second kappa shape index (κ2) is 330. The van der Waals surface area contributed by atoms with Gasteiger partial charge in [0.25, 0.3) is 0 Å². The third-order valence-electron chi connectivity index (χ3n) is 0. The Balaban J connectivity index is 0. The molecule has 0 saturated heterocycles. The molecular weight excluding hydrogens is 1200 g/mol. The molecule has 0 N–H and O–H groups in total. The molecule has 0 bridgehead atoms. The first kappa shape index (κ1) is 360. The summed E-state index contributed by atoms with van der Waals surface area (Å²) in [6, 6.07) is 0. The summed E-state index contributed by atoms with van der Waals surface area (Å²) >= 11 is 0. The fraction of sp³-hybridized carbons (Fsp3) is 0. The second-order valence-corrected chi connectivity index (χ2v) is 0. The van der Waals surface area contributed by atoms with Crippen molar-refractivity contribution in [1.29, 1.82) is 0 Å². The van der Waals surface area contributed by atoms with Crippen LogP contribution in [0.4, 0.5) is 0 Å². The maximum Gasteiger partial charge on any atom is 4.00 e. The van der Waals surface area contributed by atoms with E-state index in [1.807, 2.05) is 0 Å². The summed E-state index contributed by atoms with van der Waals surface area (Å²) in [5.74, 6) is 0. The molecule has 0 spiro atoms. The average Bonchev–Trinajstić information content (AvgIpc) is 0. The van der Waals surface area contributed by atoms with E-state index in [4.69, 9.17) is 0 Å². The first-order chi connectivity index (χ1) is 0. The predicted octanol–water partition coefficient (Wildman–Crippen LogP) is -0.817. The van der Waals surface area contributed by atoms with Crippen LogP contribution < -0.4 is 0 Å². The van der Waals surface area contributed by atoms with E-state index in [-0.39, 0.29) is 391 Å². The zero-order valence-corrected chi connectivity index (χ0v) is 38.5. The average molecular weight is 1200 g/mol. The topological polar surface area (TPSA) is 0 Å². The Hall–Kier alpha value is 11.1. The van der Waals surface area contributed by atoms with Crippen molar-refractivity contribution in [3.05, 3.63) is 0 Å². The van der Waals surface area contributed by atoms with Crippen LogP contribution in [0.2, 0.25) is 0 Å². The molecule has 0 aromatic heterocycles. The van der Waals surface area contributed by atoms with Crippen molar-refractivity contribution in [2.24, 2.45) is 0 Å². The Morgan fingerprint density at radius 3 is 0.200 bits per heavy atom.